The average molecular weight is 349 g/mol. The maximum absolute atomic E-state index is 13.2. The lowest BCUT2D eigenvalue weighted by Crippen LogP contribution is -2.21. The van der Waals surface area contributed by atoms with Crippen molar-refractivity contribution in [3.8, 4) is 34.1 Å². The van der Waals surface area contributed by atoms with Gasteiger partial charge in [-0.15, -0.1) is 10.2 Å². The maximum Gasteiger partial charge on any atom is 0.263 e. The van der Waals surface area contributed by atoms with E-state index in [0.717, 1.165) is 0 Å². The van der Waals surface area contributed by atoms with Crippen LogP contribution in [-0.2, 0) is 0 Å². The number of hydrogen-bond donors (Lipinski definition) is 3. The molecule has 4 rings (SSSR count). The molecule has 0 saturated carbocycles. The van der Waals surface area contributed by atoms with Crippen LogP contribution in [0.3, 0.4) is 0 Å². The fraction of sp³-hybridized carbons (Fsp3) is 0.111. The van der Waals surface area contributed by atoms with Gasteiger partial charge in [-0.05, 0) is 35.9 Å². The summed E-state index contributed by atoms with van der Waals surface area (Å²) in [5.74, 6) is -0.215. The molecule has 8 heteroatoms. The number of aromatic hydroxyl groups is 2. The summed E-state index contributed by atoms with van der Waals surface area (Å²) >= 11 is 0. The van der Waals surface area contributed by atoms with Gasteiger partial charge in [0.2, 0.25) is 5.82 Å². The lowest BCUT2D eigenvalue weighted by Gasteiger charge is -2.16. The number of benzene rings is 1. The Bertz CT molecular complexity index is 1100. The third kappa shape index (κ3) is 2.39. The number of hydrogen-bond acceptors (Lipinski definition) is 6. The lowest BCUT2D eigenvalue weighted by atomic mass is 10.1. The molecule has 1 aromatic heterocycles. The van der Waals surface area contributed by atoms with Crippen LogP contribution in [0.15, 0.2) is 53.3 Å². The number of nitrogens with one attached hydrogen (secondary N) is 1. The minimum atomic E-state index is -0.389. The summed E-state index contributed by atoms with van der Waals surface area (Å²) in [5, 5.41) is 33.2. The topological polar surface area (TPSA) is 117 Å². The number of phenols is 2. The van der Waals surface area contributed by atoms with Gasteiger partial charge in [0, 0.05) is 5.56 Å². The Morgan fingerprint density at radius 3 is 2.62 bits per heavy atom. The van der Waals surface area contributed by atoms with Crippen molar-refractivity contribution in [1.29, 1.82) is 0 Å². The van der Waals surface area contributed by atoms with Gasteiger partial charge in [0.1, 0.15) is 0 Å². The van der Waals surface area contributed by atoms with E-state index in [-0.39, 0.29) is 28.9 Å². The Hall–Kier alpha value is -3.68. The highest BCUT2D eigenvalue weighted by molar-refractivity contribution is 5.80. The van der Waals surface area contributed by atoms with E-state index in [9.17, 15) is 15.0 Å². The summed E-state index contributed by atoms with van der Waals surface area (Å²) in [5.41, 5.74) is 2.20. The van der Waals surface area contributed by atoms with Gasteiger partial charge in [0.05, 0.1) is 17.3 Å². The summed E-state index contributed by atoms with van der Waals surface area (Å²) in [6.45, 7) is 1.85. The van der Waals surface area contributed by atoms with E-state index in [1.807, 2.05) is 37.3 Å². The van der Waals surface area contributed by atoms with Gasteiger partial charge in [0.15, 0.2) is 11.5 Å². The first-order valence-corrected chi connectivity index (χ1v) is 7.97. The molecule has 0 saturated heterocycles. The molecule has 1 aliphatic carbocycles. The highest BCUT2D eigenvalue weighted by atomic mass is 16.3. The molecule has 0 spiro atoms. The first-order chi connectivity index (χ1) is 12.6. The molecule has 1 unspecified atom stereocenters. The summed E-state index contributed by atoms with van der Waals surface area (Å²) < 4.78 is 1.62. The number of fused-ring (bicyclic) bond motifs is 1. The van der Waals surface area contributed by atoms with Crippen molar-refractivity contribution in [3.63, 3.8) is 0 Å². The molecule has 0 bridgehead atoms. The van der Waals surface area contributed by atoms with E-state index in [4.69, 9.17) is 0 Å². The number of H-pyrrole nitrogens is 1. The van der Waals surface area contributed by atoms with Crippen molar-refractivity contribution in [2.45, 2.75) is 13.0 Å². The van der Waals surface area contributed by atoms with Crippen molar-refractivity contribution in [2.75, 3.05) is 0 Å². The second kappa shape index (κ2) is 5.99. The zero-order valence-corrected chi connectivity index (χ0v) is 13.8. The van der Waals surface area contributed by atoms with Crippen LogP contribution in [-0.4, -0.2) is 35.4 Å². The van der Waals surface area contributed by atoms with Crippen LogP contribution < -0.4 is 5.56 Å². The smallest absolute Gasteiger partial charge is 0.263 e. The highest BCUT2D eigenvalue weighted by Gasteiger charge is 2.26. The number of rotatable bonds is 3. The molecule has 2 aliphatic rings. The molecule has 0 amide bonds. The van der Waals surface area contributed by atoms with Gasteiger partial charge in [-0.2, -0.15) is 5.21 Å². The van der Waals surface area contributed by atoms with E-state index < -0.39 is 0 Å². The number of aromatic amines is 1. The molecular formula is C18H15N5O3. The molecule has 8 nitrogen and oxygen atoms in total. The Balaban J connectivity index is 1.97. The van der Waals surface area contributed by atoms with Crippen LogP contribution in [0.1, 0.15) is 18.5 Å². The fourth-order valence-corrected chi connectivity index (χ4v) is 3.12. The molecule has 1 aromatic carbocycles. The fourth-order valence-electron chi connectivity index (χ4n) is 3.12. The van der Waals surface area contributed by atoms with Crippen molar-refractivity contribution in [2.24, 2.45) is 0 Å². The molecule has 1 atom stereocenters. The van der Waals surface area contributed by atoms with Crippen LogP contribution in [0.4, 0.5) is 0 Å². The van der Waals surface area contributed by atoms with Gasteiger partial charge < -0.3 is 14.8 Å². The van der Waals surface area contributed by atoms with Gasteiger partial charge in [-0.25, -0.2) is 0 Å². The van der Waals surface area contributed by atoms with Crippen LogP contribution in [0.25, 0.3) is 22.6 Å². The summed E-state index contributed by atoms with van der Waals surface area (Å²) in [6, 6.07) is 13.4. The van der Waals surface area contributed by atoms with Gasteiger partial charge >= 0.3 is 0 Å². The number of tetrazole rings is 1. The van der Waals surface area contributed by atoms with Crippen LogP contribution in [0, 0.1) is 0 Å². The molecule has 1 aliphatic heterocycles. The second-order valence-electron chi connectivity index (χ2n) is 5.92. The van der Waals surface area contributed by atoms with E-state index in [2.05, 4.69) is 20.6 Å². The van der Waals surface area contributed by atoms with Gasteiger partial charge in [-0.1, -0.05) is 30.3 Å². The molecule has 0 radical (unpaired) electrons. The third-order valence-electron chi connectivity index (χ3n) is 4.41. The lowest BCUT2D eigenvalue weighted by molar-refractivity contribution is 0.402. The second-order valence-corrected chi connectivity index (χ2v) is 5.92. The van der Waals surface area contributed by atoms with Crippen molar-refractivity contribution in [3.05, 3.63) is 64.4 Å². The summed E-state index contributed by atoms with van der Waals surface area (Å²) in [6.07, 6.45) is 0. The Morgan fingerprint density at radius 2 is 1.88 bits per heavy atom. The average Bonchev–Trinajstić information content (AvgIpc) is 3.16. The van der Waals surface area contributed by atoms with E-state index in [0.29, 0.717) is 22.4 Å². The number of nitrogens with zero attached hydrogens (tertiary/aromatic N) is 4. The molecular weight excluding hydrogens is 334 g/mol. The predicted molar refractivity (Wildman–Crippen MR) is 94.1 cm³/mol. The van der Waals surface area contributed by atoms with E-state index >= 15 is 0 Å². The normalized spacial score (nSPS) is 12.3. The summed E-state index contributed by atoms with van der Waals surface area (Å²) in [4.78, 5) is 13.2. The van der Waals surface area contributed by atoms with Gasteiger partial charge in [0.25, 0.3) is 5.56 Å². The molecule has 2 heterocycles. The van der Waals surface area contributed by atoms with Crippen molar-refractivity contribution in [1.82, 2.24) is 25.2 Å². The van der Waals surface area contributed by atoms with Crippen LogP contribution in [0.5, 0.6) is 11.5 Å². The SMILES string of the molecule is CC(c1ccc(O)c(O)c1)n1c2cccccc-2c(-c2nn[nH]n2)c1=O. The molecule has 26 heavy (non-hydrogen) atoms. The predicted octanol–water partition coefficient (Wildman–Crippen LogP) is 2.15. The molecule has 0 fully saturated rings. The Morgan fingerprint density at radius 1 is 1.08 bits per heavy atom. The van der Waals surface area contributed by atoms with E-state index in [1.165, 1.54) is 12.1 Å². The highest BCUT2D eigenvalue weighted by Crippen LogP contribution is 2.35. The van der Waals surface area contributed by atoms with Crippen LogP contribution in [0.2, 0.25) is 0 Å². The first kappa shape index (κ1) is 15.8. The Labute approximate surface area is 147 Å². The molecule has 2 aromatic rings. The minimum absolute atomic E-state index is 0.209. The zero-order valence-electron chi connectivity index (χ0n) is 13.8. The standard InChI is InChI=1S/C18H15N5O3/c1-10(11-7-8-14(24)15(25)9-11)23-13-6-4-2-3-5-12(13)16(18(23)26)17-19-21-22-20-17/h2-10,24-25H,1H3,(H,19,20,21,22). The monoisotopic (exact) mass is 349 g/mol. The minimum Gasteiger partial charge on any atom is -0.504 e. The largest absolute Gasteiger partial charge is 0.504 e. The third-order valence-corrected chi connectivity index (χ3v) is 4.41. The van der Waals surface area contributed by atoms with Crippen LogP contribution >= 0.6 is 0 Å². The quantitative estimate of drug-likeness (QED) is 0.488. The Kier molecular flexibility index (Phi) is 3.65. The van der Waals surface area contributed by atoms with Crippen molar-refractivity contribution < 1.29 is 10.2 Å². The van der Waals surface area contributed by atoms with Crippen molar-refractivity contribution >= 4 is 0 Å². The summed E-state index contributed by atoms with van der Waals surface area (Å²) in [7, 11) is 0. The zero-order chi connectivity index (χ0) is 18.3. The first-order valence-electron chi connectivity index (χ1n) is 7.97. The number of aromatic nitrogens is 5. The molecule has 130 valence electrons. The van der Waals surface area contributed by atoms with E-state index in [1.54, 1.807) is 10.6 Å². The van der Waals surface area contributed by atoms with Gasteiger partial charge in [-0.3, -0.25) is 4.79 Å². The maximum atomic E-state index is 13.2. The molecule has 3 N–H and O–H groups in total. The number of phenolic OH excluding ortho intramolecular Hbond substituents is 2.